The number of aliphatic hydroxyl groups excluding tert-OH is 1. The molecule has 0 spiro atoms. The summed E-state index contributed by atoms with van der Waals surface area (Å²) in [5.41, 5.74) is 1.65. The molecule has 6 heteroatoms. The number of rotatable bonds is 8. The second-order valence-electron chi connectivity index (χ2n) is 6.16. The number of aromatic nitrogens is 1. The van der Waals surface area contributed by atoms with Gasteiger partial charge in [-0.25, -0.2) is 4.98 Å². The molecule has 1 heterocycles. The number of aliphatic hydroxyl groups is 1. The molecule has 0 fully saturated rings. The molecule has 0 bridgehead atoms. The van der Waals surface area contributed by atoms with Crippen molar-refractivity contribution in [3.05, 3.63) is 52.8 Å². The lowest BCUT2D eigenvalue weighted by molar-refractivity contribution is 0.187. The summed E-state index contributed by atoms with van der Waals surface area (Å²) in [5.74, 6) is 1.33. The first-order valence-electron chi connectivity index (χ1n) is 7.69. The van der Waals surface area contributed by atoms with E-state index in [0.29, 0.717) is 29.8 Å². The van der Waals surface area contributed by atoms with Gasteiger partial charge in [0.05, 0.1) is 13.7 Å². The molecule has 1 aromatic carbocycles. The Labute approximate surface area is 147 Å². The van der Waals surface area contributed by atoms with E-state index in [4.69, 9.17) is 21.1 Å². The predicted octanol–water partition coefficient (Wildman–Crippen LogP) is 3.18. The third-order valence-electron chi connectivity index (χ3n) is 3.58. The quantitative estimate of drug-likeness (QED) is 0.716. The Kier molecular flexibility index (Phi) is 6.43. The molecule has 0 radical (unpaired) electrons. The molecule has 0 unspecified atom stereocenters. The molecule has 0 aliphatic rings. The van der Waals surface area contributed by atoms with Crippen molar-refractivity contribution in [1.82, 2.24) is 10.3 Å². The van der Waals surface area contributed by atoms with Crippen molar-refractivity contribution in [2.24, 2.45) is 0 Å². The van der Waals surface area contributed by atoms with Crippen molar-refractivity contribution >= 4 is 11.6 Å². The fraction of sp³-hybridized carbons (Fsp3) is 0.389. The fourth-order valence-electron chi connectivity index (χ4n) is 1.99. The van der Waals surface area contributed by atoms with Crippen LogP contribution in [0.3, 0.4) is 0 Å². The van der Waals surface area contributed by atoms with Crippen LogP contribution in [0.5, 0.6) is 11.5 Å². The van der Waals surface area contributed by atoms with Crippen LogP contribution in [0.1, 0.15) is 25.0 Å². The average Bonchev–Trinajstić information content (AvgIpc) is 2.60. The van der Waals surface area contributed by atoms with Crippen LogP contribution in [0.2, 0.25) is 5.15 Å². The molecule has 2 aromatic rings. The highest BCUT2D eigenvalue weighted by Crippen LogP contribution is 2.29. The number of nitrogens with one attached hydrogen (secondary N) is 1. The monoisotopic (exact) mass is 350 g/mol. The lowest BCUT2D eigenvalue weighted by Gasteiger charge is -2.23. The molecule has 2 rings (SSSR count). The summed E-state index contributed by atoms with van der Waals surface area (Å²) in [6, 6.07) is 9.38. The van der Waals surface area contributed by atoms with E-state index in [1.807, 2.05) is 38.1 Å². The summed E-state index contributed by atoms with van der Waals surface area (Å²) in [7, 11) is 1.61. The van der Waals surface area contributed by atoms with Crippen LogP contribution in [0.25, 0.3) is 0 Å². The van der Waals surface area contributed by atoms with Crippen LogP contribution < -0.4 is 14.8 Å². The van der Waals surface area contributed by atoms with Crippen molar-refractivity contribution in [2.45, 2.75) is 32.5 Å². The molecule has 1 aromatic heterocycles. The molecule has 24 heavy (non-hydrogen) atoms. The minimum atomic E-state index is -0.329. The van der Waals surface area contributed by atoms with Crippen LogP contribution in [-0.2, 0) is 13.2 Å². The summed E-state index contributed by atoms with van der Waals surface area (Å²) < 4.78 is 11.2. The van der Waals surface area contributed by atoms with Crippen molar-refractivity contribution in [1.29, 1.82) is 0 Å². The zero-order valence-electron chi connectivity index (χ0n) is 14.2. The maximum atomic E-state index is 9.29. The first-order valence-corrected chi connectivity index (χ1v) is 8.07. The Balaban J connectivity index is 2.01. The van der Waals surface area contributed by atoms with Gasteiger partial charge in [0.15, 0.2) is 11.5 Å². The number of methoxy groups -OCH3 is 1. The molecule has 5 nitrogen and oxygen atoms in total. The molecule has 0 saturated heterocycles. The maximum Gasteiger partial charge on any atom is 0.161 e. The number of halogens is 1. The number of ether oxygens (including phenoxy) is 2. The van der Waals surface area contributed by atoms with Gasteiger partial charge in [-0.2, -0.15) is 0 Å². The standard InChI is InChI=1S/C18H23ClN2O3/c1-18(2,12-22)21-10-13-4-6-15(16(8-13)23-3)24-11-14-5-7-17(19)20-9-14/h4-9,21-22H,10-12H2,1-3H3. The third-order valence-corrected chi connectivity index (χ3v) is 3.80. The number of pyridine rings is 1. The average molecular weight is 351 g/mol. The van der Waals surface area contributed by atoms with Gasteiger partial charge in [-0.1, -0.05) is 23.7 Å². The van der Waals surface area contributed by atoms with E-state index in [9.17, 15) is 5.11 Å². The van der Waals surface area contributed by atoms with Crippen molar-refractivity contribution in [3.63, 3.8) is 0 Å². The lowest BCUT2D eigenvalue weighted by atomic mass is 10.1. The van der Waals surface area contributed by atoms with E-state index in [1.165, 1.54) is 0 Å². The van der Waals surface area contributed by atoms with Gasteiger partial charge in [0, 0.05) is 23.8 Å². The minimum absolute atomic E-state index is 0.0699. The molecule has 0 saturated carbocycles. The van der Waals surface area contributed by atoms with Crippen molar-refractivity contribution < 1.29 is 14.6 Å². The highest BCUT2D eigenvalue weighted by Gasteiger charge is 2.15. The molecule has 0 aliphatic heterocycles. The van der Waals surface area contributed by atoms with Crippen molar-refractivity contribution in [3.8, 4) is 11.5 Å². The van der Waals surface area contributed by atoms with Crippen LogP contribution >= 0.6 is 11.6 Å². The zero-order chi connectivity index (χ0) is 17.6. The second kappa shape index (κ2) is 8.33. The van der Waals surface area contributed by atoms with E-state index in [1.54, 1.807) is 19.4 Å². The number of hydrogen-bond acceptors (Lipinski definition) is 5. The molecular weight excluding hydrogens is 328 g/mol. The molecule has 0 aliphatic carbocycles. The summed E-state index contributed by atoms with van der Waals surface area (Å²) in [6.45, 7) is 4.98. The number of benzene rings is 1. The van der Waals surface area contributed by atoms with E-state index in [0.717, 1.165) is 11.1 Å². The van der Waals surface area contributed by atoms with Crippen LogP contribution in [-0.4, -0.2) is 29.3 Å². The van der Waals surface area contributed by atoms with Gasteiger partial charge in [0.25, 0.3) is 0 Å². The van der Waals surface area contributed by atoms with Gasteiger partial charge in [0.2, 0.25) is 0 Å². The van der Waals surface area contributed by atoms with Gasteiger partial charge in [-0.3, -0.25) is 0 Å². The number of nitrogens with zero attached hydrogens (tertiary/aromatic N) is 1. The van der Waals surface area contributed by atoms with Crippen LogP contribution in [0, 0.1) is 0 Å². The summed E-state index contributed by atoms with van der Waals surface area (Å²) >= 11 is 5.77. The molecule has 130 valence electrons. The first kappa shape index (κ1) is 18.5. The van der Waals surface area contributed by atoms with Crippen molar-refractivity contribution in [2.75, 3.05) is 13.7 Å². The topological polar surface area (TPSA) is 63.6 Å². The van der Waals surface area contributed by atoms with E-state index in [2.05, 4.69) is 10.3 Å². The minimum Gasteiger partial charge on any atom is -0.493 e. The molecular formula is C18H23ClN2O3. The van der Waals surface area contributed by atoms with Gasteiger partial charge < -0.3 is 19.9 Å². The Bertz CT molecular complexity index is 660. The lowest BCUT2D eigenvalue weighted by Crippen LogP contribution is -2.42. The molecule has 0 atom stereocenters. The predicted molar refractivity (Wildman–Crippen MR) is 94.6 cm³/mol. The Morgan fingerprint density at radius 3 is 2.54 bits per heavy atom. The maximum absolute atomic E-state index is 9.29. The van der Waals surface area contributed by atoms with Gasteiger partial charge in [0.1, 0.15) is 11.8 Å². The Morgan fingerprint density at radius 2 is 1.92 bits per heavy atom. The first-order chi connectivity index (χ1) is 11.4. The summed E-state index contributed by atoms with van der Waals surface area (Å²) in [5, 5.41) is 13.0. The number of hydrogen-bond donors (Lipinski definition) is 2. The van der Waals surface area contributed by atoms with Gasteiger partial charge >= 0.3 is 0 Å². The van der Waals surface area contributed by atoms with Crippen LogP contribution in [0.4, 0.5) is 0 Å². The zero-order valence-corrected chi connectivity index (χ0v) is 14.9. The Morgan fingerprint density at radius 1 is 1.17 bits per heavy atom. The highest BCUT2D eigenvalue weighted by atomic mass is 35.5. The van der Waals surface area contributed by atoms with E-state index in [-0.39, 0.29) is 12.1 Å². The molecule has 0 amide bonds. The second-order valence-corrected chi connectivity index (χ2v) is 6.55. The van der Waals surface area contributed by atoms with Gasteiger partial charge in [-0.05, 0) is 37.6 Å². The highest BCUT2D eigenvalue weighted by molar-refractivity contribution is 6.29. The smallest absolute Gasteiger partial charge is 0.161 e. The van der Waals surface area contributed by atoms with Crippen LogP contribution in [0.15, 0.2) is 36.5 Å². The van der Waals surface area contributed by atoms with E-state index >= 15 is 0 Å². The largest absolute Gasteiger partial charge is 0.493 e. The molecule has 2 N–H and O–H groups in total. The fourth-order valence-corrected chi connectivity index (χ4v) is 2.10. The summed E-state index contributed by atoms with van der Waals surface area (Å²) in [6.07, 6.45) is 1.68. The Hall–Kier alpha value is -1.82. The third kappa shape index (κ3) is 5.37. The summed E-state index contributed by atoms with van der Waals surface area (Å²) in [4.78, 5) is 4.03. The normalized spacial score (nSPS) is 11.4. The SMILES string of the molecule is COc1cc(CNC(C)(C)CO)ccc1OCc1ccc(Cl)nc1. The van der Waals surface area contributed by atoms with E-state index < -0.39 is 0 Å². The van der Waals surface area contributed by atoms with Gasteiger partial charge in [-0.15, -0.1) is 0 Å².